The van der Waals surface area contributed by atoms with E-state index in [0.29, 0.717) is 0 Å². The van der Waals surface area contributed by atoms with Crippen molar-refractivity contribution in [1.29, 1.82) is 0 Å². The molecule has 0 unspecified atom stereocenters. The molecule has 0 saturated carbocycles. The van der Waals surface area contributed by atoms with E-state index < -0.39 is 0 Å². The number of thiophene rings is 1. The van der Waals surface area contributed by atoms with Crippen molar-refractivity contribution in [3.63, 3.8) is 0 Å². The molecule has 0 bridgehead atoms. The van der Waals surface area contributed by atoms with Crippen LogP contribution < -0.4 is 4.90 Å². The Kier molecular flexibility index (Phi) is 5.82. The van der Waals surface area contributed by atoms with Gasteiger partial charge in [-0.05, 0) is 95.1 Å². The van der Waals surface area contributed by atoms with Gasteiger partial charge in [0.15, 0.2) is 0 Å². The minimum Gasteiger partial charge on any atom is -0.310 e. The van der Waals surface area contributed by atoms with E-state index in [1.165, 1.54) is 87.0 Å². The normalized spacial score (nSPS) is 13.8. The molecule has 0 atom stereocenters. The maximum atomic E-state index is 2.43. The van der Waals surface area contributed by atoms with Crippen molar-refractivity contribution < 1.29 is 0 Å². The zero-order valence-corrected chi connectivity index (χ0v) is 27.6. The van der Waals surface area contributed by atoms with Gasteiger partial charge in [-0.25, -0.2) is 0 Å². The Morgan fingerprint density at radius 2 is 1.08 bits per heavy atom. The second-order valence-electron chi connectivity index (χ2n) is 13.4. The van der Waals surface area contributed by atoms with Crippen LogP contribution in [-0.2, 0) is 5.41 Å². The molecule has 10 rings (SSSR count). The summed E-state index contributed by atoms with van der Waals surface area (Å²) in [5, 5.41) is 5.22. The number of nitrogens with zero attached hydrogens (tertiary/aromatic N) is 2. The highest BCUT2D eigenvalue weighted by Gasteiger charge is 2.37. The van der Waals surface area contributed by atoms with Crippen LogP contribution >= 0.6 is 11.3 Å². The van der Waals surface area contributed by atoms with Crippen LogP contribution in [0.4, 0.5) is 17.1 Å². The molecular weight excluding hydrogens is 601 g/mol. The fourth-order valence-corrected chi connectivity index (χ4v) is 9.13. The number of hydrogen-bond acceptors (Lipinski definition) is 2. The lowest BCUT2D eigenvalue weighted by molar-refractivity contribution is 0.632. The van der Waals surface area contributed by atoms with Crippen molar-refractivity contribution in [1.82, 2.24) is 4.57 Å². The van der Waals surface area contributed by atoms with E-state index >= 15 is 0 Å². The first-order valence-corrected chi connectivity index (χ1v) is 17.4. The molecule has 1 aliphatic rings. The van der Waals surface area contributed by atoms with Crippen molar-refractivity contribution >= 4 is 70.4 Å². The maximum absolute atomic E-state index is 2.43. The molecule has 2 aromatic heterocycles. The standard InChI is InChI=1S/C45H32N2S/c1-45(2)37-18-10-11-19-40(37)47(32-15-7-4-8-16-32)41-24-22-30(26-38(41)45)29-21-23-39-34(25-29)35-27-36-33-17-9-12-20-43(33)48-44(36)28-42(35)46(39)31-13-5-3-6-14-31/h3-28H,1-2H3. The molecule has 3 heteroatoms. The second kappa shape index (κ2) is 10.2. The zero-order chi connectivity index (χ0) is 32.0. The topological polar surface area (TPSA) is 8.17 Å². The molecular formula is C45H32N2S. The van der Waals surface area contributed by atoms with Crippen LogP contribution in [0.1, 0.15) is 25.0 Å². The van der Waals surface area contributed by atoms with Crippen LogP contribution in [0.2, 0.25) is 0 Å². The fraction of sp³-hybridized carbons (Fsp3) is 0.0667. The van der Waals surface area contributed by atoms with Crippen LogP contribution in [0.25, 0.3) is 58.8 Å². The summed E-state index contributed by atoms with van der Waals surface area (Å²) in [4.78, 5) is 2.42. The average Bonchev–Trinajstić information content (AvgIpc) is 3.66. The van der Waals surface area contributed by atoms with Crippen molar-refractivity contribution in [2.45, 2.75) is 19.3 Å². The van der Waals surface area contributed by atoms with Gasteiger partial charge in [-0.15, -0.1) is 11.3 Å². The first-order valence-electron chi connectivity index (χ1n) is 16.6. The lowest BCUT2D eigenvalue weighted by atomic mass is 9.73. The highest BCUT2D eigenvalue weighted by Crippen LogP contribution is 2.52. The molecule has 2 nitrogen and oxygen atoms in total. The lowest BCUT2D eigenvalue weighted by Gasteiger charge is -2.42. The Hall–Kier alpha value is -5.64. The number of anilines is 3. The lowest BCUT2D eigenvalue weighted by Crippen LogP contribution is -2.30. The Labute approximate surface area is 283 Å². The third-order valence-corrected chi connectivity index (χ3v) is 11.5. The molecule has 0 aliphatic carbocycles. The number of aromatic nitrogens is 1. The maximum Gasteiger partial charge on any atom is 0.0555 e. The third kappa shape index (κ3) is 3.92. The first-order chi connectivity index (χ1) is 23.6. The molecule has 0 spiro atoms. The predicted octanol–water partition coefficient (Wildman–Crippen LogP) is 12.9. The summed E-state index contributed by atoms with van der Waals surface area (Å²) in [5.74, 6) is 0. The van der Waals surface area contributed by atoms with Gasteiger partial charge < -0.3 is 9.47 Å². The molecule has 0 amide bonds. The monoisotopic (exact) mass is 632 g/mol. The fourth-order valence-electron chi connectivity index (χ4n) is 8.01. The molecule has 0 radical (unpaired) electrons. The highest BCUT2D eigenvalue weighted by molar-refractivity contribution is 7.25. The number of fused-ring (bicyclic) bond motifs is 8. The quantitative estimate of drug-likeness (QED) is 0.188. The van der Waals surface area contributed by atoms with E-state index in [1.807, 2.05) is 11.3 Å². The third-order valence-electron chi connectivity index (χ3n) is 10.4. The van der Waals surface area contributed by atoms with Crippen LogP contribution in [-0.4, -0.2) is 4.57 Å². The summed E-state index contributed by atoms with van der Waals surface area (Å²) in [5.41, 5.74) is 12.3. The first kappa shape index (κ1) is 27.5. The minimum absolute atomic E-state index is 0.160. The number of hydrogen-bond donors (Lipinski definition) is 0. The Morgan fingerprint density at radius 1 is 0.438 bits per heavy atom. The second-order valence-corrected chi connectivity index (χ2v) is 14.5. The smallest absolute Gasteiger partial charge is 0.0555 e. The molecule has 1 aliphatic heterocycles. The van der Waals surface area contributed by atoms with E-state index in [0.717, 1.165) is 0 Å². The molecule has 3 heterocycles. The molecule has 48 heavy (non-hydrogen) atoms. The Morgan fingerprint density at radius 3 is 1.92 bits per heavy atom. The summed E-state index contributed by atoms with van der Waals surface area (Å²) in [6.07, 6.45) is 0. The van der Waals surface area contributed by atoms with Gasteiger partial charge in [-0.2, -0.15) is 0 Å². The molecule has 228 valence electrons. The van der Waals surface area contributed by atoms with Gasteiger partial charge in [0.1, 0.15) is 0 Å². The number of benzene rings is 7. The summed E-state index contributed by atoms with van der Waals surface area (Å²) in [6.45, 7) is 4.73. The number of rotatable bonds is 3. The van der Waals surface area contributed by atoms with Gasteiger partial charge in [0.25, 0.3) is 0 Å². The van der Waals surface area contributed by atoms with Crippen LogP contribution in [0.3, 0.4) is 0 Å². The van der Waals surface area contributed by atoms with Gasteiger partial charge in [0.2, 0.25) is 0 Å². The molecule has 0 saturated heterocycles. The molecule has 0 fully saturated rings. The van der Waals surface area contributed by atoms with E-state index in [2.05, 4.69) is 181 Å². The van der Waals surface area contributed by atoms with Crippen LogP contribution in [0, 0.1) is 0 Å². The van der Waals surface area contributed by atoms with Gasteiger partial charge in [-0.3, -0.25) is 0 Å². The summed E-state index contributed by atoms with van der Waals surface area (Å²) in [6, 6.07) is 58.1. The zero-order valence-electron chi connectivity index (χ0n) is 26.8. The Balaban J connectivity index is 1.21. The minimum atomic E-state index is -0.160. The van der Waals surface area contributed by atoms with Crippen LogP contribution in [0.5, 0.6) is 0 Å². The molecule has 7 aromatic carbocycles. The van der Waals surface area contributed by atoms with E-state index in [1.54, 1.807) is 0 Å². The Bertz CT molecular complexity index is 2700. The van der Waals surface area contributed by atoms with E-state index in [-0.39, 0.29) is 5.41 Å². The molecule has 9 aromatic rings. The largest absolute Gasteiger partial charge is 0.310 e. The van der Waals surface area contributed by atoms with Crippen molar-refractivity contribution in [3.8, 4) is 16.8 Å². The van der Waals surface area contributed by atoms with Crippen molar-refractivity contribution in [2.24, 2.45) is 0 Å². The van der Waals surface area contributed by atoms with E-state index in [9.17, 15) is 0 Å². The summed E-state index contributed by atoms with van der Waals surface area (Å²) >= 11 is 1.88. The van der Waals surface area contributed by atoms with Gasteiger partial charge in [0, 0.05) is 47.7 Å². The average molecular weight is 633 g/mol. The molecule has 0 N–H and O–H groups in total. The van der Waals surface area contributed by atoms with Crippen molar-refractivity contribution in [2.75, 3.05) is 4.90 Å². The number of para-hydroxylation sites is 3. The predicted molar refractivity (Wildman–Crippen MR) is 206 cm³/mol. The SMILES string of the molecule is CC1(C)c2ccccc2N(c2ccccc2)c2ccc(-c3ccc4c(c3)c3cc5c(cc3n4-c3ccccc3)sc3ccccc35)cc21. The van der Waals surface area contributed by atoms with Crippen LogP contribution in [0.15, 0.2) is 158 Å². The summed E-state index contributed by atoms with van der Waals surface area (Å²) < 4.78 is 5.09. The summed E-state index contributed by atoms with van der Waals surface area (Å²) in [7, 11) is 0. The van der Waals surface area contributed by atoms with Gasteiger partial charge in [0.05, 0.1) is 22.4 Å². The van der Waals surface area contributed by atoms with Gasteiger partial charge in [-0.1, -0.05) is 98.8 Å². The highest BCUT2D eigenvalue weighted by atomic mass is 32.1. The van der Waals surface area contributed by atoms with E-state index in [4.69, 9.17) is 0 Å². The van der Waals surface area contributed by atoms with Gasteiger partial charge >= 0.3 is 0 Å². The van der Waals surface area contributed by atoms with Crippen molar-refractivity contribution in [3.05, 3.63) is 169 Å².